The average Bonchev–Trinajstić information content (AvgIpc) is 2.72. The SMILES string of the molecule is O=C(Nc1ccc(C(=O)N2CCCc3cc(F)ccc32)cc1)c1cc(Cl)cc(Cl)c1. The molecule has 3 aromatic carbocycles. The van der Waals surface area contributed by atoms with E-state index in [0.29, 0.717) is 33.4 Å². The number of aryl methyl sites for hydroxylation is 1. The number of nitrogens with zero attached hydrogens (tertiary/aromatic N) is 1. The van der Waals surface area contributed by atoms with Crippen LogP contribution in [0.15, 0.2) is 60.7 Å². The summed E-state index contributed by atoms with van der Waals surface area (Å²) in [6, 6.07) is 15.7. The molecule has 0 atom stereocenters. The largest absolute Gasteiger partial charge is 0.322 e. The summed E-state index contributed by atoms with van der Waals surface area (Å²) in [6.45, 7) is 0.575. The van der Waals surface area contributed by atoms with Gasteiger partial charge in [-0.3, -0.25) is 9.59 Å². The van der Waals surface area contributed by atoms with E-state index in [1.165, 1.54) is 24.3 Å². The molecule has 4 nitrogen and oxygen atoms in total. The van der Waals surface area contributed by atoms with E-state index in [2.05, 4.69) is 5.32 Å². The van der Waals surface area contributed by atoms with E-state index in [1.54, 1.807) is 41.3 Å². The summed E-state index contributed by atoms with van der Waals surface area (Å²) < 4.78 is 13.5. The molecule has 0 unspecified atom stereocenters. The molecule has 3 aromatic rings. The molecule has 0 bridgehead atoms. The Morgan fingerprint density at radius 3 is 2.30 bits per heavy atom. The molecule has 30 heavy (non-hydrogen) atoms. The Morgan fingerprint density at radius 1 is 0.900 bits per heavy atom. The van der Waals surface area contributed by atoms with Gasteiger partial charge in [0.1, 0.15) is 5.82 Å². The molecule has 0 aliphatic carbocycles. The summed E-state index contributed by atoms with van der Waals surface area (Å²) in [7, 11) is 0. The van der Waals surface area contributed by atoms with Crippen LogP contribution < -0.4 is 10.2 Å². The molecular formula is C23H17Cl2FN2O2. The highest BCUT2D eigenvalue weighted by Gasteiger charge is 2.24. The summed E-state index contributed by atoms with van der Waals surface area (Å²) in [5, 5.41) is 3.50. The maximum absolute atomic E-state index is 13.5. The smallest absolute Gasteiger partial charge is 0.258 e. The first-order chi connectivity index (χ1) is 14.4. The van der Waals surface area contributed by atoms with Crippen LogP contribution in [0, 0.1) is 5.82 Å². The van der Waals surface area contributed by atoms with Crippen LogP contribution in [0.1, 0.15) is 32.7 Å². The Balaban J connectivity index is 1.50. The highest BCUT2D eigenvalue weighted by Crippen LogP contribution is 2.29. The molecule has 1 aliphatic rings. The second-order valence-electron chi connectivity index (χ2n) is 7.02. The number of hydrogen-bond donors (Lipinski definition) is 1. The molecule has 2 amide bonds. The maximum Gasteiger partial charge on any atom is 0.258 e. The third-order valence-electron chi connectivity index (χ3n) is 4.92. The van der Waals surface area contributed by atoms with E-state index in [9.17, 15) is 14.0 Å². The lowest BCUT2D eigenvalue weighted by atomic mass is 10.0. The fourth-order valence-corrected chi connectivity index (χ4v) is 4.04. The van der Waals surface area contributed by atoms with Crippen LogP contribution in [0.2, 0.25) is 10.0 Å². The predicted octanol–water partition coefficient (Wildman–Crippen LogP) is 5.98. The van der Waals surface area contributed by atoms with Crippen LogP contribution >= 0.6 is 23.2 Å². The second kappa shape index (κ2) is 8.46. The molecule has 152 valence electrons. The second-order valence-corrected chi connectivity index (χ2v) is 7.90. The predicted molar refractivity (Wildman–Crippen MR) is 117 cm³/mol. The molecule has 0 radical (unpaired) electrons. The topological polar surface area (TPSA) is 49.4 Å². The number of carbonyl (C=O) groups excluding carboxylic acids is 2. The minimum absolute atomic E-state index is 0.165. The molecule has 1 heterocycles. The molecule has 0 spiro atoms. The number of rotatable bonds is 3. The van der Waals surface area contributed by atoms with Crippen molar-refractivity contribution in [1.29, 1.82) is 0 Å². The van der Waals surface area contributed by atoms with Crippen LogP contribution in [0.4, 0.5) is 15.8 Å². The van der Waals surface area contributed by atoms with Gasteiger partial charge in [-0.05, 0) is 79.1 Å². The van der Waals surface area contributed by atoms with Crippen molar-refractivity contribution in [3.05, 3.63) is 93.2 Å². The van der Waals surface area contributed by atoms with Crippen LogP contribution in [0.25, 0.3) is 0 Å². The van der Waals surface area contributed by atoms with Crippen LogP contribution in [-0.2, 0) is 6.42 Å². The number of nitrogens with one attached hydrogen (secondary N) is 1. The first kappa shape index (κ1) is 20.4. The van der Waals surface area contributed by atoms with E-state index in [4.69, 9.17) is 23.2 Å². The molecule has 4 rings (SSSR count). The number of fused-ring (bicyclic) bond motifs is 1. The first-order valence-corrected chi connectivity index (χ1v) is 10.1. The zero-order chi connectivity index (χ0) is 21.3. The van der Waals surface area contributed by atoms with Crippen LogP contribution in [0.5, 0.6) is 0 Å². The van der Waals surface area contributed by atoms with E-state index in [1.807, 2.05) is 0 Å². The van der Waals surface area contributed by atoms with Gasteiger partial charge in [0.05, 0.1) is 0 Å². The average molecular weight is 443 g/mol. The van der Waals surface area contributed by atoms with E-state index < -0.39 is 0 Å². The summed E-state index contributed by atoms with van der Waals surface area (Å²) in [6.07, 6.45) is 1.52. The number of anilines is 2. The summed E-state index contributed by atoms with van der Waals surface area (Å²) >= 11 is 11.9. The van der Waals surface area contributed by atoms with Crippen molar-refractivity contribution in [2.45, 2.75) is 12.8 Å². The molecule has 1 N–H and O–H groups in total. The molecule has 7 heteroatoms. The lowest BCUT2D eigenvalue weighted by Gasteiger charge is -2.29. The zero-order valence-corrected chi connectivity index (χ0v) is 17.3. The molecule has 0 saturated carbocycles. The summed E-state index contributed by atoms with van der Waals surface area (Å²) in [5.41, 5.74) is 2.93. The Kier molecular flexibility index (Phi) is 5.75. The van der Waals surface area contributed by atoms with Crippen molar-refractivity contribution < 1.29 is 14.0 Å². The van der Waals surface area contributed by atoms with Gasteiger partial charge < -0.3 is 10.2 Å². The van der Waals surface area contributed by atoms with Crippen LogP contribution in [-0.4, -0.2) is 18.4 Å². The van der Waals surface area contributed by atoms with Gasteiger partial charge in [-0.15, -0.1) is 0 Å². The number of carbonyl (C=O) groups is 2. The van der Waals surface area contributed by atoms with E-state index in [0.717, 1.165) is 24.1 Å². The molecular weight excluding hydrogens is 426 g/mol. The quantitative estimate of drug-likeness (QED) is 0.542. The molecule has 1 aliphatic heterocycles. The van der Waals surface area contributed by atoms with Crippen molar-refractivity contribution in [2.75, 3.05) is 16.8 Å². The zero-order valence-electron chi connectivity index (χ0n) is 15.8. The summed E-state index contributed by atoms with van der Waals surface area (Å²) in [5.74, 6) is -0.823. The molecule has 0 aromatic heterocycles. The van der Waals surface area contributed by atoms with E-state index >= 15 is 0 Å². The van der Waals surface area contributed by atoms with Gasteiger partial charge in [0, 0.05) is 39.1 Å². The van der Waals surface area contributed by atoms with Gasteiger partial charge in [0.25, 0.3) is 11.8 Å². The van der Waals surface area contributed by atoms with Crippen molar-refractivity contribution >= 4 is 46.4 Å². The minimum atomic E-state index is -0.356. The van der Waals surface area contributed by atoms with Crippen molar-refractivity contribution in [1.82, 2.24) is 0 Å². The Labute approximate surface area is 183 Å². The normalized spacial score (nSPS) is 13.0. The Morgan fingerprint density at radius 2 is 1.60 bits per heavy atom. The van der Waals surface area contributed by atoms with Gasteiger partial charge in [0.2, 0.25) is 0 Å². The Bertz CT molecular complexity index is 1110. The van der Waals surface area contributed by atoms with Gasteiger partial charge in [-0.25, -0.2) is 4.39 Å². The van der Waals surface area contributed by atoms with Gasteiger partial charge in [-0.1, -0.05) is 23.2 Å². The molecule has 0 saturated heterocycles. The first-order valence-electron chi connectivity index (χ1n) is 9.38. The standard InChI is InChI=1S/C23H17Cl2FN2O2/c24-17-10-16(11-18(25)13-17)22(29)27-20-6-3-14(4-7-20)23(30)28-9-1-2-15-12-19(26)5-8-21(15)28/h3-8,10-13H,1-2,9H2,(H,27,29). The van der Waals surface area contributed by atoms with Gasteiger partial charge >= 0.3 is 0 Å². The van der Waals surface area contributed by atoms with E-state index in [-0.39, 0.29) is 17.6 Å². The van der Waals surface area contributed by atoms with Crippen LogP contribution in [0.3, 0.4) is 0 Å². The number of amides is 2. The number of benzene rings is 3. The number of halogens is 3. The lowest BCUT2D eigenvalue weighted by molar-refractivity contribution is 0.0984. The monoisotopic (exact) mass is 442 g/mol. The fraction of sp³-hybridized carbons (Fsp3) is 0.130. The molecule has 0 fully saturated rings. The third kappa shape index (κ3) is 4.32. The third-order valence-corrected chi connectivity index (χ3v) is 5.36. The van der Waals surface area contributed by atoms with Crippen molar-refractivity contribution in [2.24, 2.45) is 0 Å². The summed E-state index contributed by atoms with van der Waals surface area (Å²) in [4.78, 5) is 27.1. The van der Waals surface area contributed by atoms with Gasteiger partial charge in [-0.2, -0.15) is 0 Å². The highest BCUT2D eigenvalue weighted by atomic mass is 35.5. The highest BCUT2D eigenvalue weighted by molar-refractivity contribution is 6.35. The lowest BCUT2D eigenvalue weighted by Crippen LogP contribution is -2.35. The van der Waals surface area contributed by atoms with Crippen molar-refractivity contribution in [3.63, 3.8) is 0 Å². The maximum atomic E-state index is 13.5. The number of hydrogen-bond acceptors (Lipinski definition) is 2. The Hall–Kier alpha value is -2.89. The van der Waals surface area contributed by atoms with Gasteiger partial charge in [0.15, 0.2) is 0 Å². The van der Waals surface area contributed by atoms with Crippen molar-refractivity contribution in [3.8, 4) is 0 Å². The fourth-order valence-electron chi connectivity index (χ4n) is 3.52. The minimum Gasteiger partial charge on any atom is -0.322 e.